The predicted molar refractivity (Wildman–Crippen MR) is 97.2 cm³/mol. The number of aromatic nitrogens is 1. The number of hydrogen-bond acceptors (Lipinski definition) is 4. The van der Waals surface area contributed by atoms with Crippen LogP contribution in [0.1, 0.15) is 16.8 Å². The summed E-state index contributed by atoms with van der Waals surface area (Å²) < 4.78 is 12.1. The fraction of sp³-hybridized carbons (Fsp3) is 0.333. The molecule has 26 heavy (non-hydrogen) atoms. The minimum atomic E-state index is -0.301. The first-order valence-electron chi connectivity index (χ1n) is 8.31. The number of ether oxygens (including phenoxy) is 2. The van der Waals surface area contributed by atoms with Crippen molar-refractivity contribution in [2.24, 2.45) is 0 Å². The number of amides is 2. The van der Waals surface area contributed by atoms with E-state index in [-0.39, 0.29) is 12.0 Å². The lowest BCUT2D eigenvalue weighted by atomic mass is 10.1. The molecule has 1 aromatic carbocycles. The Morgan fingerprint density at radius 2 is 2.12 bits per heavy atom. The molecule has 0 aliphatic carbocycles. The average molecular weight is 378 g/mol. The molecule has 1 aromatic heterocycles. The third-order valence-electron chi connectivity index (χ3n) is 4.13. The van der Waals surface area contributed by atoms with Crippen molar-refractivity contribution in [2.45, 2.75) is 6.42 Å². The van der Waals surface area contributed by atoms with Crippen molar-refractivity contribution in [2.75, 3.05) is 33.4 Å². The fourth-order valence-corrected chi connectivity index (χ4v) is 3.04. The molecule has 1 saturated heterocycles. The molecular formula is C18H20ClN3O4. The van der Waals surface area contributed by atoms with E-state index in [0.29, 0.717) is 49.0 Å². The maximum atomic E-state index is 12.5. The third kappa shape index (κ3) is 3.94. The minimum Gasteiger partial charge on any atom is -0.496 e. The summed E-state index contributed by atoms with van der Waals surface area (Å²) in [6, 6.07) is 7.11. The Morgan fingerprint density at radius 1 is 1.35 bits per heavy atom. The molecule has 7 nitrogen and oxygen atoms in total. The first-order chi connectivity index (χ1) is 12.6. The first kappa shape index (κ1) is 18.1. The Hall–Kier alpha value is -2.67. The zero-order valence-electron chi connectivity index (χ0n) is 14.4. The van der Waals surface area contributed by atoms with E-state index in [9.17, 15) is 9.59 Å². The molecule has 0 radical (unpaired) electrons. The van der Waals surface area contributed by atoms with Gasteiger partial charge in [-0.2, -0.15) is 0 Å². The van der Waals surface area contributed by atoms with Crippen molar-refractivity contribution >= 4 is 23.6 Å². The monoisotopic (exact) mass is 377 g/mol. The van der Waals surface area contributed by atoms with Crippen molar-refractivity contribution in [3.05, 3.63) is 47.2 Å². The molecule has 3 rings (SSSR count). The van der Waals surface area contributed by atoms with E-state index < -0.39 is 0 Å². The average Bonchev–Trinajstić information content (AvgIpc) is 3.30. The van der Waals surface area contributed by atoms with Crippen LogP contribution in [-0.4, -0.2) is 54.8 Å². The molecule has 2 aromatic rings. The third-order valence-corrected chi connectivity index (χ3v) is 4.43. The summed E-state index contributed by atoms with van der Waals surface area (Å²) in [5.74, 6) is 0.172. The van der Waals surface area contributed by atoms with Crippen LogP contribution in [0.2, 0.25) is 5.02 Å². The largest absolute Gasteiger partial charge is 0.496 e. The smallest absolute Gasteiger partial charge is 0.409 e. The van der Waals surface area contributed by atoms with E-state index >= 15 is 0 Å². The number of carbonyl (C=O) groups is 2. The Balaban J connectivity index is 1.63. The van der Waals surface area contributed by atoms with Gasteiger partial charge in [-0.3, -0.25) is 4.79 Å². The second-order valence-corrected chi connectivity index (χ2v) is 6.21. The molecule has 0 saturated carbocycles. The molecule has 1 fully saturated rings. The SMILES string of the molecule is COc1cc(-n2cccc2)c(Cl)cc1C(=O)NCCCN1CCOC1=O. The number of benzene rings is 1. The highest BCUT2D eigenvalue weighted by atomic mass is 35.5. The van der Waals surface area contributed by atoms with Gasteiger partial charge < -0.3 is 24.3 Å². The number of nitrogens with one attached hydrogen (secondary N) is 1. The Labute approximate surface area is 156 Å². The van der Waals surface area contributed by atoms with Crippen LogP contribution in [0.5, 0.6) is 5.75 Å². The molecule has 0 unspecified atom stereocenters. The minimum absolute atomic E-state index is 0.271. The number of cyclic esters (lactones) is 1. The number of halogens is 1. The summed E-state index contributed by atoms with van der Waals surface area (Å²) in [5.41, 5.74) is 1.10. The highest BCUT2D eigenvalue weighted by Gasteiger charge is 2.21. The van der Waals surface area contributed by atoms with Gasteiger partial charge in [0.2, 0.25) is 0 Å². The number of nitrogens with zero attached hydrogens (tertiary/aromatic N) is 2. The van der Waals surface area contributed by atoms with Gasteiger partial charge in [0.05, 0.1) is 29.9 Å². The molecule has 1 aliphatic heterocycles. The topological polar surface area (TPSA) is 72.8 Å². The quantitative estimate of drug-likeness (QED) is 0.753. The maximum Gasteiger partial charge on any atom is 0.409 e. The number of methoxy groups -OCH3 is 1. The summed E-state index contributed by atoms with van der Waals surface area (Å²) >= 11 is 6.34. The molecule has 1 N–H and O–H groups in total. The molecular weight excluding hydrogens is 358 g/mol. The van der Waals surface area contributed by atoms with Gasteiger partial charge >= 0.3 is 6.09 Å². The lowest BCUT2D eigenvalue weighted by Gasteiger charge is -2.15. The van der Waals surface area contributed by atoms with E-state index in [2.05, 4.69) is 5.32 Å². The van der Waals surface area contributed by atoms with Gasteiger partial charge in [-0.05, 0) is 24.6 Å². The van der Waals surface area contributed by atoms with Gasteiger partial charge in [0, 0.05) is 31.5 Å². The molecule has 0 spiro atoms. The van der Waals surface area contributed by atoms with E-state index in [0.717, 1.165) is 5.69 Å². The highest BCUT2D eigenvalue weighted by Crippen LogP contribution is 2.29. The Kier molecular flexibility index (Phi) is 5.68. The summed E-state index contributed by atoms with van der Waals surface area (Å²) in [6.07, 6.45) is 4.07. The lowest BCUT2D eigenvalue weighted by molar-refractivity contribution is 0.0949. The molecule has 0 atom stereocenters. The van der Waals surface area contributed by atoms with Crippen molar-refractivity contribution in [1.82, 2.24) is 14.8 Å². The van der Waals surface area contributed by atoms with Crippen LogP contribution in [0.15, 0.2) is 36.7 Å². The van der Waals surface area contributed by atoms with Crippen LogP contribution < -0.4 is 10.1 Å². The van der Waals surface area contributed by atoms with Gasteiger partial charge in [-0.15, -0.1) is 0 Å². The Morgan fingerprint density at radius 3 is 2.77 bits per heavy atom. The van der Waals surface area contributed by atoms with Gasteiger partial charge in [-0.25, -0.2) is 4.79 Å². The van der Waals surface area contributed by atoms with Crippen LogP contribution in [0, 0.1) is 0 Å². The number of rotatable bonds is 7. The second-order valence-electron chi connectivity index (χ2n) is 5.81. The number of hydrogen-bond donors (Lipinski definition) is 1. The zero-order chi connectivity index (χ0) is 18.5. The second kappa shape index (κ2) is 8.14. The van der Waals surface area contributed by atoms with Crippen molar-refractivity contribution in [3.63, 3.8) is 0 Å². The molecule has 1 aliphatic rings. The lowest BCUT2D eigenvalue weighted by Crippen LogP contribution is -2.30. The van der Waals surface area contributed by atoms with E-state index in [1.54, 1.807) is 17.0 Å². The summed E-state index contributed by atoms with van der Waals surface area (Å²) in [6.45, 7) is 2.00. The molecule has 2 heterocycles. The molecule has 138 valence electrons. The van der Waals surface area contributed by atoms with Gasteiger partial charge in [-0.1, -0.05) is 11.6 Å². The standard InChI is InChI=1S/C18H20ClN3O4/c1-25-16-12-15(21-6-2-3-7-21)14(19)11-13(16)17(23)20-5-4-8-22-9-10-26-18(22)24/h2-3,6-7,11-12H,4-5,8-10H2,1H3,(H,20,23). The first-order valence-corrected chi connectivity index (χ1v) is 8.68. The van der Waals surface area contributed by atoms with E-state index in [1.165, 1.54) is 7.11 Å². The van der Waals surface area contributed by atoms with Gasteiger partial charge in [0.1, 0.15) is 12.4 Å². The molecule has 0 bridgehead atoms. The van der Waals surface area contributed by atoms with E-state index in [4.69, 9.17) is 21.1 Å². The van der Waals surface area contributed by atoms with Crippen molar-refractivity contribution in [1.29, 1.82) is 0 Å². The fourth-order valence-electron chi connectivity index (χ4n) is 2.78. The van der Waals surface area contributed by atoms with Crippen molar-refractivity contribution < 1.29 is 19.1 Å². The van der Waals surface area contributed by atoms with Crippen LogP contribution >= 0.6 is 11.6 Å². The Bertz CT molecular complexity index is 792. The molecule has 2 amide bonds. The van der Waals surface area contributed by atoms with E-state index in [1.807, 2.05) is 29.1 Å². The maximum absolute atomic E-state index is 12.5. The van der Waals surface area contributed by atoms with Crippen molar-refractivity contribution in [3.8, 4) is 11.4 Å². The van der Waals surface area contributed by atoms with Crippen LogP contribution in [0.3, 0.4) is 0 Å². The highest BCUT2D eigenvalue weighted by molar-refractivity contribution is 6.33. The summed E-state index contributed by atoms with van der Waals surface area (Å²) in [7, 11) is 1.51. The normalized spacial score (nSPS) is 13.6. The van der Waals surface area contributed by atoms with Crippen LogP contribution in [-0.2, 0) is 4.74 Å². The van der Waals surface area contributed by atoms with Gasteiger partial charge in [0.25, 0.3) is 5.91 Å². The predicted octanol–water partition coefficient (Wildman–Crippen LogP) is 2.71. The zero-order valence-corrected chi connectivity index (χ0v) is 15.2. The van der Waals surface area contributed by atoms with Gasteiger partial charge in [0.15, 0.2) is 0 Å². The van der Waals surface area contributed by atoms with Crippen LogP contribution in [0.4, 0.5) is 4.79 Å². The summed E-state index contributed by atoms with van der Waals surface area (Å²) in [5, 5.41) is 3.28. The summed E-state index contributed by atoms with van der Waals surface area (Å²) in [4.78, 5) is 25.5. The van der Waals surface area contributed by atoms with Crippen LogP contribution in [0.25, 0.3) is 5.69 Å². The molecule has 8 heteroatoms. The number of carbonyl (C=O) groups excluding carboxylic acids is 2.